The van der Waals surface area contributed by atoms with Crippen LogP contribution in [-0.4, -0.2) is 77.2 Å². The van der Waals surface area contributed by atoms with E-state index in [2.05, 4.69) is 29.6 Å². The van der Waals surface area contributed by atoms with Crippen LogP contribution in [0, 0.1) is 0 Å². The van der Waals surface area contributed by atoms with E-state index in [0.717, 1.165) is 16.6 Å². The number of hydrazine groups is 1. The van der Waals surface area contributed by atoms with Crippen molar-refractivity contribution in [1.82, 2.24) is 20.1 Å². The molecule has 0 fully saturated rings. The molecule has 1 aliphatic carbocycles. The topological polar surface area (TPSA) is 141 Å². The molecule has 12 heteroatoms. The van der Waals surface area contributed by atoms with Gasteiger partial charge in [0.05, 0.1) is 13.2 Å². The maximum atomic E-state index is 12.6. The molecule has 1 aliphatic rings. The lowest BCUT2D eigenvalue weighted by Gasteiger charge is -2.29. The number of nitrogens with zero attached hydrogens (tertiary/aromatic N) is 3. The van der Waals surface area contributed by atoms with Gasteiger partial charge in [-0.2, -0.15) is 8.42 Å². The van der Waals surface area contributed by atoms with E-state index in [1.807, 2.05) is 78.3 Å². The standard InChI is InChI=1S/C31H34N4O7S/c1-33(34(2)42-19-27-25-12-6-4-10-23(25)24-11-5-7-13-26(24)27)18-22-17-21-9-3-8-14-29(21)35(22)16-15-30(36)32-28(31(37)38)20-43(39,40)41/h3-14,17,27-28H,15-16,18-20H2,1-2H3,(H,32,36)(H,37,38)(H,39,40,41)/t28-/m0/s1. The summed E-state index contributed by atoms with van der Waals surface area (Å²) >= 11 is 0. The van der Waals surface area contributed by atoms with Crippen LogP contribution in [0.3, 0.4) is 0 Å². The molecular weight excluding hydrogens is 572 g/mol. The zero-order valence-corrected chi connectivity index (χ0v) is 24.7. The number of hydroxylamine groups is 1. The zero-order chi connectivity index (χ0) is 30.7. The Kier molecular flexibility index (Phi) is 8.95. The first-order chi connectivity index (χ1) is 20.5. The Morgan fingerprint density at radius 3 is 2.21 bits per heavy atom. The first-order valence-corrected chi connectivity index (χ1v) is 15.4. The minimum absolute atomic E-state index is 0.0997. The Hall–Kier alpha value is -4.07. The van der Waals surface area contributed by atoms with Gasteiger partial charge in [-0.25, -0.2) is 9.80 Å². The van der Waals surface area contributed by atoms with Crippen LogP contribution in [0.4, 0.5) is 0 Å². The van der Waals surface area contributed by atoms with Crippen molar-refractivity contribution in [1.29, 1.82) is 0 Å². The van der Waals surface area contributed by atoms with Gasteiger partial charge < -0.3 is 15.0 Å². The molecule has 0 saturated carbocycles. The fourth-order valence-electron chi connectivity index (χ4n) is 5.58. The Balaban J connectivity index is 1.26. The number of hydrogen-bond acceptors (Lipinski definition) is 7. The maximum Gasteiger partial charge on any atom is 0.327 e. The van der Waals surface area contributed by atoms with Crippen LogP contribution in [0.25, 0.3) is 22.0 Å². The van der Waals surface area contributed by atoms with Crippen LogP contribution in [0.2, 0.25) is 0 Å². The summed E-state index contributed by atoms with van der Waals surface area (Å²) in [6.07, 6.45) is -0.0997. The summed E-state index contributed by atoms with van der Waals surface area (Å²) in [5.74, 6) is -3.21. The second-order valence-electron chi connectivity index (χ2n) is 10.6. The highest BCUT2D eigenvalue weighted by molar-refractivity contribution is 7.85. The number of fused-ring (bicyclic) bond motifs is 4. The van der Waals surface area contributed by atoms with Crippen molar-refractivity contribution >= 4 is 32.9 Å². The number of carbonyl (C=O) groups is 2. The third-order valence-electron chi connectivity index (χ3n) is 7.73. The second-order valence-corrected chi connectivity index (χ2v) is 12.1. The van der Waals surface area contributed by atoms with Crippen molar-refractivity contribution in [3.63, 3.8) is 0 Å². The van der Waals surface area contributed by atoms with Gasteiger partial charge in [-0.15, -0.1) is 5.17 Å². The molecule has 1 heterocycles. The summed E-state index contributed by atoms with van der Waals surface area (Å²) in [6, 6.07) is 24.7. The van der Waals surface area contributed by atoms with Crippen molar-refractivity contribution in [3.05, 3.63) is 95.7 Å². The van der Waals surface area contributed by atoms with Gasteiger partial charge in [-0.3, -0.25) is 14.2 Å². The first kappa shape index (κ1) is 30.4. The minimum Gasteiger partial charge on any atom is -0.480 e. The third kappa shape index (κ3) is 6.95. The molecule has 1 atom stereocenters. The van der Waals surface area contributed by atoms with E-state index in [0.29, 0.717) is 13.2 Å². The lowest BCUT2D eigenvalue weighted by molar-refractivity contribution is -0.264. The Morgan fingerprint density at radius 2 is 1.58 bits per heavy atom. The molecule has 1 aromatic heterocycles. The molecule has 11 nitrogen and oxygen atoms in total. The molecule has 3 aromatic carbocycles. The summed E-state index contributed by atoms with van der Waals surface area (Å²) in [5.41, 5.74) is 6.72. The van der Waals surface area contributed by atoms with E-state index < -0.39 is 33.8 Å². The summed E-state index contributed by atoms with van der Waals surface area (Å²) < 4.78 is 33.3. The monoisotopic (exact) mass is 606 g/mol. The molecule has 0 saturated heterocycles. The number of aryl methyl sites for hydroxylation is 1. The summed E-state index contributed by atoms with van der Waals surface area (Å²) in [5, 5.41) is 16.1. The predicted octanol–water partition coefficient (Wildman–Crippen LogP) is 3.51. The van der Waals surface area contributed by atoms with Gasteiger partial charge in [0.2, 0.25) is 5.91 Å². The normalized spacial score (nSPS) is 13.8. The maximum absolute atomic E-state index is 12.6. The number of nitrogens with one attached hydrogen (secondary N) is 1. The van der Waals surface area contributed by atoms with Crippen molar-refractivity contribution in [2.45, 2.75) is 31.5 Å². The number of carboxylic acids is 1. The molecule has 3 N–H and O–H groups in total. The Bertz CT molecular complexity index is 1710. The summed E-state index contributed by atoms with van der Waals surface area (Å²) in [4.78, 5) is 30.3. The minimum atomic E-state index is -4.59. The van der Waals surface area contributed by atoms with Crippen LogP contribution in [0.1, 0.15) is 29.2 Å². The Morgan fingerprint density at radius 1 is 0.977 bits per heavy atom. The number of amides is 1. The number of carbonyl (C=O) groups excluding carboxylic acids is 1. The highest BCUT2D eigenvalue weighted by Crippen LogP contribution is 2.44. The molecule has 0 spiro atoms. The number of aliphatic carboxylic acids is 1. The molecular formula is C31H34N4O7S. The number of hydrogen-bond donors (Lipinski definition) is 3. The number of carboxylic acid groups (broad SMARTS) is 1. The Labute approximate surface area is 250 Å². The number of rotatable bonds is 13. The molecule has 4 aromatic rings. The molecule has 0 radical (unpaired) electrons. The van der Waals surface area contributed by atoms with Gasteiger partial charge in [0, 0.05) is 44.2 Å². The highest BCUT2D eigenvalue weighted by Gasteiger charge is 2.29. The largest absolute Gasteiger partial charge is 0.480 e. The number of benzene rings is 3. The van der Waals surface area contributed by atoms with E-state index in [-0.39, 0.29) is 18.9 Å². The van der Waals surface area contributed by atoms with Crippen molar-refractivity contribution in [2.75, 3.05) is 26.5 Å². The van der Waals surface area contributed by atoms with Gasteiger partial charge in [-0.05, 0) is 39.8 Å². The van der Waals surface area contributed by atoms with Crippen LogP contribution in [0.15, 0.2) is 78.9 Å². The van der Waals surface area contributed by atoms with Gasteiger partial charge in [0.15, 0.2) is 0 Å². The van der Waals surface area contributed by atoms with Gasteiger partial charge in [-0.1, -0.05) is 66.7 Å². The van der Waals surface area contributed by atoms with E-state index in [9.17, 15) is 23.1 Å². The van der Waals surface area contributed by atoms with Crippen LogP contribution in [-0.2, 0) is 37.6 Å². The summed E-state index contributed by atoms with van der Waals surface area (Å²) in [7, 11) is -0.849. The van der Waals surface area contributed by atoms with E-state index in [4.69, 9.17) is 9.39 Å². The van der Waals surface area contributed by atoms with Crippen molar-refractivity contribution in [3.8, 4) is 11.1 Å². The highest BCUT2D eigenvalue weighted by atomic mass is 32.2. The molecule has 0 aliphatic heterocycles. The van der Waals surface area contributed by atoms with Crippen LogP contribution >= 0.6 is 0 Å². The predicted molar refractivity (Wildman–Crippen MR) is 161 cm³/mol. The van der Waals surface area contributed by atoms with Crippen molar-refractivity contribution < 1.29 is 32.5 Å². The molecule has 226 valence electrons. The quantitative estimate of drug-likeness (QED) is 0.154. The van der Waals surface area contributed by atoms with Gasteiger partial charge >= 0.3 is 5.97 Å². The van der Waals surface area contributed by atoms with Crippen molar-refractivity contribution in [2.24, 2.45) is 0 Å². The van der Waals surface area contributed by atoms with Crippen LogP contribution < -0.4 is 5.32 Å². The fraction of sp³-hybridized carbons (Fsp3) is 0.290. The lowest BCUT2D eigenvalue weighted by Crippen LogP contribution is -2.45. The summed E-state index contributed by atoms with van der Waals surface area (Å²) in [6.45, 7) is 1.12. The van der Waals surface area contributed by atoms with Gasteiger partial charge in [0.1, 0.15) is 11.8 Å². The average molecular weight is 607 g/mol. The number of para-hydroxylation sites is 1. The zero-order valence-electron chi connectivity index (χ0n) is 23.9. The third-order valence-corrected chi connectivity index (χ3v) is 8.49. The molecule has 43 heavy (non-hydrogen) atoms. The SMILES string of the molecule is CN(Cc1cc2ccccc2n1CCC(=O)N[C@@H](CS(=O)(=O)O)C(=O)O)N(C)OCC1c2ccccc2-c2ccccc21. The van der Waals surface area contributed by atoms with E-state index in [1.165, 1.54) is 22.3 Å². The fourth-order valence-corrected chi connectivity index (χ4v) is 6.23. The smallest absolute Gasteiger partial charge is 0.327 e. The average Bonchev–Trinajstić information content (AvgIpc) is 3.48. The second kappa shape index (κ2) is 12.7. The van der Waals surface area contributed by atoms with E-state index >= 15 is 0 Å². The molecule has 1 amide bonds. The molecule has 0 bridgehead atoms. The van der Waals surface area contributed by atoms with Crippen LogP contribution in [0.5, 0.6) is 0 Å². The first-order valence-electron chi connectivity index (χ1n) is 13.8. The van der Waals surface area contributed by atoms with E-state index in [1.54, 1.807) is 5.17 Å². The van der Waals surface area contributed by atoms with Gasteiger partial charge in [0.25, 0.3) is 10.1 Å². The number of aromatic nitrogens is 1. The lowest BCUT2D eigenvalue weighted by atomic mass is 9.98. The molecule has 5 rings (SSSR count). The molecule has 0 unspecified atom stereocenters.